The molecule has 0 spiro atoms. The highest BCUT2D eigenvalue weighted by atomic mass is 35.5. The largest absolute Gasteiger partial charge is 0.388 e. The second kappa shape index (κ2) is 10.8. The van der Waals surface area contributed by atoms with Crippen molar-refractivity contribution < 1.29 is 13.5 Å². The van der Waals surface area contributed by atoms with E-state index in [0.717, 1.165) is 25.7 Å². The first-order valence-corrected chi connectivity index (χ1v) is 12.9. The van der Waals surface area contributed by atoms with Gasteiger partial charge in [0.05, 0.1) is 10.6 Å². The lowest BCUT2D eigenvalue weighted by atomic mass is 10.1. The van der Waals surface area contributed by atoms with E-state index in [1.54, 1.807) is 4.57 Å². The summed E-state index contributed by atoms with van der Waals surface area (Å²) in [5, 5.41) is 10.5. The van der Waals surface area contributed by atoms with Crippen LogP contribution in [0.15, 0.2) is 58.5 Å². The van der Waals surface area contributed by atoms with Crippen LogP contribution in [0.3, 0.4) is 0 Å². The predicted molar refractivity (Wildman–Crippen MR) is 128 cm³/mol. The molecule has 3 rings (SSSR count). The van der Waals surface area contributed by atoms with Crippen molar-refractivity contribution in [1.29, 1.82) is 0 Å². The molecule has 0 atom stereocenters. The maximum Gasteiger partial charge on any atom is 0.224 e. The number of hydrogen-bond acceptors (Lipinski definition) is 4. The Morgan fingerprint density at radius 2 is 1.66 bits per heavy atom. The monoisotopic (exact) mass is 494 g/mol. The molecule has 8 heteroatoms. The number of aliphatic hydroxyl groups is 1. The summed E-state index contributed by atoms with van der Waals surface area (Å²) in [6, 6.07) is 14.5. The molecule has 2 aromatic carbocycles. The molecular weight excluding hydrogens is 467 g/mol. The Morgan fingerprint density at radius 1 is 1.00 bits per heavy atom. The van der Waals surface area contributed by atoms with Crippen LogP contribution in [0.2, 0.25) is 10.0 Å². The van der Waals surface area contributed by atoms with Crippen LogP contribution in [-0.2, 0) is 29.4 Å². The van der Waals surface area contributed by atoms with Gasteiger partial charge in [-0.3, -0.25) is 0 Å². The number of nitrogens with zero attached hydrogens (tertiary/aromatic N) is 2. The third kappa shape index (κ3) is 5.73. The van der Waals surface area contributed by atoms with E-state index < -0.39 is 9.84 Å². The maximum absolute atomic E-state index is 13.6. The molecular formula is C24H28Cl2N2O3S. The van der Waals surface area contributed by atoms with Crippen LogP contribution in [0, 0.1) is 0 Å². The minimum atomic E-state index is -3.94. The number of sulfone groups is 1. The van der Waals surface area contributed by atoms with E-state index in [-0.39, 0.29) is 32.5 Å². The van der Waals surface area contributed by atoms with Gasteiger partial charge in [-0.1, -0.05) is 73.8 Å². The summed E-state index contributed by atoms with van der Waals surface area (Å²) >= 11 is 12.2. The average Bonchev–Trinajstić information content (AvgIpc) is 3.13. The lowest BCUT2D eigenvalue weighted by molar-refractivity contribution is 0.262. The quantitative estimate of drug-likeness (QED) is 0.348. The van der Waals surface area contributed by atoms with Gasteiger partial charge in [0, 0.05) is 16.6 Å². The topological polar surface area (TPSA) is 72.2 Å². The summed E-state index contributed by atoms with van der Waals surface area (Å²) in [5.41, 5.74) is 1.73. The van der Waals surface area contributed by atoms with Crippen LogP contribution in [-0.4, -0.2) is 23.1 Å². The molecule has 0 aliphatic carbocycles. The van der Waals surface area contributed by atoms with Crippen molar-refractivity contribution in [3.63, 3.8) is 0 Å². The summed E-state index contributed by atoms with van der Waals surface area (Å²) in [7, 11) is -3.94. The Hall–Kier alpha value is -1.86. The number of unbranched alkanes of at least 4 members (excludes halogenated alkanes) is 2. The number of halogens is 2. The Balaban J connectivity index is 1.88. The molecule has 0 unspecified atom stereocenters. The van der Waals surface area contributed by atoms with E-state index in [9.17, 15) is 13.5 Å². The van der Waals surface area contributed by atoms with Gasteiger partial charge in [-0.25, -0.2) is 13.4 Å². The number of hydrogen-bond donors (Lipinski definition) is 1. The zero-order chi connectivity index (χ0) is 23.3. The van der Waals surface area contributed by atoms with Gasteiger partial charge in [0.15, 0.2) is 5.03 Å². The lowest BCUT2D eigenvalue weighted by Crippen LogP contribution is -2.15. The van der Waals surface area contributed by atoms with Crippen LogP contribution < -0.4 is 0 Å². The minimum absolute atomic E-state index is 0.0200. The van der Waals surface area contributed by atoms with Crippen molar-refractivity contribution in [2.45, 2.75) is 68.5 Å². The highest BCUT2D eigenvalue weighted by Crippen LogP contribution is 2.33. The molecule has 0 bridgehead atoms. The molecule has 0 aliphatic rings. The minimum Gasteiger partial charge on any atom is -0.388 e. The predicted octanol–water partition coefficient (Wildman–Crippen LogP) is 6.05. The van der Waals surface area contributed by atoms with E-state index in [1.165, 1.54) is 23.8 Å². The first-order chi connectivity index (χ1) is 15.2. The van der Waals surface area contributed by atoms with Crippen molar-refractivity contribution in [2.75, 3.05) is 0 Å². The Labute approximate surface area is 199 Å². The van der Waals surface area contributed by atoms with Crippen LogP contribution in [0.1, 0.15) is 56.1 Å². The van der Waals surface area contributed by atoms with Crippen molar-refractivity contribution in [3.05, 3.63) is 75.7 Å². The summed E-state index contributed by atoms with van der Waals surface area (Å²) < 4.78 is 28.9. The first-order valence-electron chi connectivity index (χ1n) is 10.7. The van der Waals surface area contributed by atoms with Crippen LogP contribution in [0.4, 0.5) is 0 Å². The molecule has 1 aromatic heterocycles. The normalized spacial score (nSPS) is 11.9. The Bertz CT molecular complexity index is 1140. The third-order valence-corrected chi connectivity index (χ3v) is 7.54. The number of benzene rings is 2. The molecule has 0 saturated carbocycles. The van der Waals surface area contributed by atoms with Gasteiger partial charge in [-0.15, -0.1) is 0 Å². The van der Waals surface area contributed by atoms with Crippen molar-refractivity contribution in [1.82, 2.24) is 9.55 Å². The van der Waals surface area contributed by atoms with Gasteiger partial charge in [-0.2, -0.15) is 0 Å². The molecule has 0 saturated heterocycles. The van der Waals surface area contributed by atoms with Gasteiger partial charge in [-0.05, 0) is 48.9 Å². The summed E-state index contributed by atoms with van der Waals surface area (Å²) in [5.74, 6) is 0.211. The first kappa shape index (κ1) is 24.8. The lowest BCUT2D eigenvalue weighted by Gasteiger charge is -2.14. The van der Waals surface area contributed by atoms with E-state index in [4.69, 9.17) is 23.2 Å². The number of aliphatic hydroxyl groups excluding tert-OH is 1. The van der Waals surface area contributed by atoms with Crippen LogP contribution >= 0.6 is 23.2 Å². The van der Waals surface area contributed by atoms with Crippen LogP contribution in [0.5, 0.6) is 0 Å². The highest BCUT2D eigenvalue weighted by Gasteiger charge is 2.31. The molecule has 0 aliphatic heterocycles. The molecule has 32 heavy (non-hydrogen) atoms. The van der Waals surface area contributed by atoms with Gasteiger partial charge in [0.1, 0.15) is 12.4 Å². The summed E-state index contributed by atoms with van der Waals surface area (Å²) in [4.78, 5) is 4.50. The number of aromatic nitrogens is 2. The Kier molecular flexibility index (Phi) is 8.39. The second-order valence-corrected chi connectivity index (χ2v) is 10.8. The molecule has 1 N–H and O–H groups in total. The highest BCUT2D eigenvalue weighted by molar-refractivity contribution is 7.91. The molecule has 0 radical (unpaired) electrons. The zero-order valence-electron chi connectivity index (χ0n) is 18.3. The molecule has 1 heterocycles. The fourth-order valence-electron chi connectivity index (χ4n) is 3.73. The van der Waals surface area contributed by atoms with Gasteiger partial charge >= 0.3 is 0 Å². The van der Waals surface area contributed by atoms with E-state index in [0.29, 0.717) is 18.1 Å². The van der Waals surface area contributed by atoms with Gasteiger partial charge in [0.25, 0.3) is 0 Å². The average molecular weight is 495 g/mol. The van der Waals surface area contributed by atoms with E-state index in [1.807, 2.05) is 32.0 Å². The van der Waals surface area contributed by atoms with Gasteiger partial charge in [0.2, 0.25) is 9.84 Å². The van der Waals surface area contributed by atoms with Crippen molar-refractivity contribution in [2.24, 2.45) is 0 Å². The fourth-order valence-corrected chi connectivity index (χ4v) is 6.22. The second-order valence-electron chi connectivity index (χ2n) is 8.09. The van der Waals surface area contributed by atoms with Crippen molar-refractivity contribution in [3.8, 4) is 0 Å². The zero-order valence-corrected chi connectivity index (χ0v) is 20.6. The number of imidazole rings is 1. The summed E-state index contributed by atoms with van der Waals surface area (Å²) in [6.07, 6.45) is 3.67. The maximum atomic E-state index is 13.6. The Morgan fingerprint density at radius 3 is 2.25 bits per heavy atom. The summed E-state index contributed by atoms with van der Waals surface area (Å²) in [6.45, 7) is 3.89. The van der Waals surface area contributed by atoms with E-state index >= 15 is 0 Å². The molecule has 0 amide bonds. The molecule has 172 valence electrons. The third-order valence-electron chi connectivity index (χ3n) is 5.30. The standard InChI is InChI=1S/C24H28Cl2N2O3S/c1-17(2)23-24(32(30,31)21-14-19(25)13-20(26)15-21)28(22(16-29)27-23)12-8-4-7-11-18-9-5-3-6-10-18/h3,5-6,9-10,13-15,17,29H,4,7-8,11-12,16H2,1-2H3. The number of aryl methyl sites for hydroxylation is 1. The fraction of sp³-hybridized carbons (Fsp3) is 0.375. The smallest absolute Gasteiger partial charge is 0.224 e. The van der Waals surface area contributed by atoms with E-state index in [2.05, 4.69) is 17.1 Å². The molecule has 5 nitrogen and oxygen atoms in total. The van der Waals surface area contributed by atoms with Crippen LogP contribution in [0.25, 0.3) is 0 Å². The van der Waals surface area contributed by atoms with Crippen molar-refractivity contribution >= 4 is 33.0 Å². The van der Waals surface area contributed by atoms with Gasteiger partial charge < -0.3 is 9.67 Å². The SMILES string of the molecule is CC(C)c1nc(CO)n(CCCCCc2ccccc2)c1S(=O)(=O)c1cc(Cl)cc(Cl)c1. The molecule has 0 fully saturated rings. The molecule has 3 aromatic rings. The number of rotatable bonds is 10.